The van der Waals surface area contributed by atoms with Crippen molar-refractivity contribution in [1.29, 1.82) is 0 Å². The number of nitrogens with zero attached hydrogens (tertiary/aromatic N) is 3. The molecule has 1 unspecified atom stereocenters. The van der Waals surface area contributed by atoms with Gasteiger partial charge in [-0.05, 0) is 19.4 Å². The van der Waals surface area contributed by atoms with Gasteiger partial charge in [0.25, 0.3) is 0 Å². The van der Waals surface area contributed by atoms with Crippen molar-refractivity contribution in [2.24, 2.45) is 0 Å². The van der Waals surface area contributed by atoms with E-state index >= 15 is 0 Å². The Balaban J connectivity index is 1.91. The molecule has 1 aromatic carbocycles. The van der Waals surface area contributed by atoms with Crippen molar-refractivity contribution in [1.82, 2.24) is 20.2 Å². The molecule has 1 atom stereocenters. The van der Waals surface area contributed by atoms with E-state index in [1.807, 2.05) is 31.2 Å². The Kier molecular flexibility index (Phi) is 4.24. The van der Waals surface area contributed by atoms with Gasteiger partial charge in [-0.25, -0.2) is 4.98 Å². The third-order valence-electron chi connectivity index (χ3n) is 3.27. The number of fused-ring (bicyclic) bond motifs is 3. The number of thioether (sulfide) groups is 1. The van der Waals surface area contributed by atoms with Crippen LogP contribution >= 0.6 is 11.8 Å². The molecular formula is C15H16N4O2S. The lowest BCUT2D eigenvalue weighted by Crippen LogP contribution is -2.19. The highest BCUT2D eigenvalue weighted by atomic mass is 32.2. The Morgan fingerprint density at radius 2 is 2.14 bits per heavy atom. The molecule has 0 aliphatic carbocycles. The molecule has 7 heteroatoms. The molecule has 0 bridgehead atoms. The number of ether oxygens (including phenoxy) is 1. The number of carbonyl (C=O) groups is 1. The van der Waals surface area contributed by atoms with Crippen molar-refractivity contribution < 1.29 is 9.53 Å². The summed E-state index contributed by atoms with van der Waals surface area (Å²) in [5, 5.41) is 9.53. The smallest absolute Gasteiger partial charge is 0.319 e. The summed E-state index contributed by atoms with van der Waals surface area (Å²) in [7, 11) is 0. The molecule has 0 fully saturated rings. The van der Waals surface area contributed by atoms with Gasteiger partial charge < -0.3 is 9.72 Å². The van der Waals surface area contributed by atoms with Crippen LogP contribution in [0, 0.1) is 0 Å². The number of rotatable bonds is 5. The molecule has 0 aliphatic rings. The molecule has 114 valence electrons. The second-order valence-electron chi connectivity index (χ2n) is 4.73. The van der Waals surface area contributed by atoms with Crippen LogP contribution in [-0.2, 0) is 9.53 Å². The summed E-state index contributed by atoms with van der Waals surface area (Å²) in [6.07, 6.45) is 0.650. The topological polar surface area (TPSA) is 80.8 Å². The number of H-pyrrole nitrogens is 1. The number of nitrogens with one attached hydrogen (secondary N) is 1. The molecule has 0 amide bonds. The van der Waals surface area contributed by atoms with Crippen LogP contribution in [0.4, 0.5) is 0 Å². The van der Waals surface area contributed by atoms with Crippen molar-refractivity contribution in [3.8, 4) is 0 Å². The highest BCUT2D eigenvalue weighted by molar-refractivity contribution is 8.00. The Morgan fingerprint density at radius 3 is 2.91 bits per heavy atom. The van der Waals surface area contributed by atoms with Crippen LogP contribution in [0.5, 0.6) is 0 Å². The first kappa shape index (κ1) is 14.8. The Bertz CT molecular complexity index is 818. The van der Waals surface area contributed by atoms with Gasteiger partial charge in [-0.15, -0.1) is 10.2 Å². The van der Waals surface area contributed by atoms with Gasteiger partial charge in [0.15, 0.2) is 5.65 Å². The van der Waals surface area contributed by atoms with Crippen molar-refractivity contribution in [2.45, 2.75) is 30.7 Å². The molecule has 6 nitrogen and oxygen atoms in total. The average Bonchev–Trinajstić information content (AvgIpc) is 2.90. The lowest BCUT2D eigenvalue weighted by atomic mass is 10.2. The first-order valence-electron chi connectivity index (χ1n) is 7.17. The Labute approximate surface area is 131 Å². The average molecular weight is 316 g/mol. The molecule has 0 spiro atoms. The van der Waals surface area contributed by atoms with Crippen LogP contribution < -0.4 is 0 Å². The van der Waals surface area contributed by atoms with Gasteiger partial charge in [-0.2, -0.15) is 0 Å². The zero-order valence-electron chi connectivity index (χ0n) is 12.4. The quantitative estimate of drug-likeness (QED) is 0.576. The van der Waals surface area contributed by atoms with Crippen LogP contribution in [0.2, 0.25) is 0 Å². The zero-order valence-corrected chi connectivity index (χ0v) is 13.2. The molecule has 0 saturated carbocycles. The molecule has 22 heavy (non-hydrogen) atoms. The van der Waals surface area contributed by atoms with Crippen LogP contribution in [0.25, 0.3) is 22.1 Å². The van der Waals surface area contributed by atoms with Crippen molar-refractivity contribution in [2.75, 3.05) is 6.61 Å². The fourth-order valence-corrected chi connectivity index (χ4v) is 3.03. The minimum atomic E-state index is -0.316. The number of aromatic amines is 1. The van der Waals surface area contributed by atoms with Gasteiger partial charge >= 0.3 is 5.97 Å². The Hall–Kier alpha value is -2.15. The van der Waals surface area contributed by atoms with E-state index in [0.29, 0.717) is 23.8 Å². The van der Waals surface area contributed by atoms with Gasteiger partial charge in [0.2, 0.25) is 5.16 Å². The minimum absolute atomic E-state index is 0.240. The van der Waals surface area contributed by atoms with Gasteiger partial charge in [0, 0.05) is 10.9 Å². The molecule has 0 saturated heterocycles. The number of aromatic nitrogens is 4. The lowest BCUT2D eigenvalue weighted by Gasteiger charge is -2.11. The summed E-state index contributed by atoms with van der Waals surface area (Å²) < 4.78 is 5.06. The van der Waals surface area contributed by atoms with Crippen LogP contribution in [-0.4, -0.2) is 38.0 Å². The largest absolute Gasteiger partial charge is 0.465 e. The van der Waals surface area contributed by atoms with Gasteiger partial charge in [-0.3, -0.25) is 4.79 Å². The van der Waals surface area contributed by atoms with E-state index in [1.165, 1.54) is 11.8 Å². The van der Waals surface area contributed by atoms with Crippen molar-refractivity contribution in [3.05, 3.63) is 24.3 Å². The normalized spacial score (nSPS) is 12.6. The third kappa shape index (κ3) is 2.76. The summed E-state index contributed by atoms with van der Waals surface area (Å²) in [6, 6.07) is 7.85. The Morgan fingerprint density at radius 1 is 1.32 bits per heavy atom. The highest BCUT2D eigenvalue weighted by Crippen LogP contribution is 2.26. The fourth-order valence-electron chi connectivity index (χ4n) is 2.22. The van der Waals surface area contributed by atoms with E-state index in [1.54, 1.807) is 6.92 Å². The first-order chi connectivity index (χ1) is 10.7. The predicted octanol–water partition coefficient (Wildman–Crippen LogP) is 2.94. The number of hydrogen-bond donors (Lipinski definition) is 1. The van der Waals surface area contributed by atoms with E-state index in [4.69, 9.17) is 4.74 Å². The van der Waals surface area contributed by atoms with Crippen molar-refractivity contribution >= 4 is 39.8 Å². The SMILES string of the molecule is CCOC(=O)C(CC)Sc1nnc2c(n1)[nH]c1ccccc12. The maximum absolute atomic E-state index is 11.9. The van der Waals surface area contributed by atoms with Crippen LogP contribution in [0.3, 0.4) is 0 Å². The maximum Gasteiger partial charge on any atom is 0.319 e. The summed E-state index contributed by atoms with van der Waals surface area (Å²) in [5.41, 5.74) is 2.39. The molecular weight excluding hydrogens is 300 g/mol. The minimum Gasteiger partial charge on any atom is -0.465 e. The zero-order chi connectivity index (χ0) is 15.5. The van der Waals surface area contributed by atoms with Gasteiger partial charge in [0.05, 0.1) is 6.61 Å². The summed E-state index contributed by atoms with van der Waals surface area (Å²) >= 11 is 1.28. The van der Waals surface area contributed by atoms with E-state index < -0.39 is 0 Å². The molecule has 0 radical (unpaired) electrons. The molecule has 1 N–H and O–H groups in total. The second kappa shape index (κ2) is 6.31. The highest BCUT2D eigenvalue weighted by Gasteiger charge is 2.21. The fraction of sp³-hybridized carbons (Fsp3) is 0.333. The maximum atomic E-state index is 11.9. The van der Waals surface area contributed by atoms with E-state index in [2.05, 4.69) is 20.2 Å². The molecule has 2 aromatic heterocycles. The lowest BCUT2D eigenvalue weighted by molar-refractivity contribution is -0.142. The van der Waals surface area contributed by atoms with E-state index in [0.717, 1.165) is 16.4 Å². The van der Waals surface area contributed by atoms with E-state index in [-0.39, 0.29) is 11.2 Å². The third-order valence-corrected chi connectivity index (χ3v) is 4.46. The standard InChI is InChI=1S/C15H16N4O2S/c1-3-11(14(20)21-4-2)22-15-17-13-12(18-19-15)9-7-5-6-8-10(9)16-13/h5-8,11H,3-4H2,1-2H3,(H,16,17,19). The molecule has 3 rings (SSSR count). The molecule has 3 aromatic rings. The first-order valence-corrected chi connectivity index (χ1v) is 8.05. The van der Waals surface area contributed by atoms with Gasteiger partial charge in [0.1, 0.15) is 10.8 Å². The molecule has 0 aliphatic heterocycles. The number of carbonyl (C=O) groups excluding carboxylic acids is 1. The second-order valence-corrected chi connectivity index (χ2v) is 5.90. The summed E-state index contributed by atoms with van der Waals surface area (Å²) in [4.78, 5) is 19.5. The molecule has 2 heterocycles. The number of para-hydroxylation sites is 1. The monoisotopic (exact) mass is 316 g/mol. The van der Waals surface area contributed by atoms with E-state index in [9.17, 15) is 4.79 Å². The summed E-state index contributed by atoms with van der Waals surface area (Å²) in [6.45, 7) is 4.10. The van der Waals surface area contributed by atoms with Crippen LogP contribution in [0.15, 0.2) is 29.4 Å². The van der Waals surface area contributed by atoms with Crippen molar-refractivity contribution in [3.63, 3.8) is 0 Å². The summed E-state index contributed by atoms with van der Waals surface area (Å²) in [5.74, 6) is -0.240. The number of esters is 1. The predicted molar refractivity (Wildman–Crippen MR) is 85.8 cm³/mol. The van der Waals surface area contributed by atoms with Gasteiger partial charge in [-0.1, -0.05) is 36.9 Å². The number of benzene rings is 1. The van der Waals surface area contributed by atoms with Crippen LogP contribution in [0.1, 0.15) is 20.3 Å². The number of hydrogen-bond acceptors (Lipinski definition) is 6.